The monoisotopic (exact) mass is 248 g/mol. The fraction of sp³-hybridized carbons (Fsp3) is 0.0833. The van der Waals surface area contributed by atoms with E-state index in [1.165, 1.54) is 12.3 Å². The first-order chi connectivity index (χ1) is 8.08. The van der Waals surface area contributed by atoms with E-state index in [1.807, 2.05) is 0 Å². The van der Waals surface area contributed by atoms with Gasteiger partial charge in [0.15, 0.2) is 0 Å². The number of nitrogens with zero attached hydrogens (tertiary/aromatic N) is 2. The van der Waals surface area contributed by atoms with Crippen LogP contribution in [-0.4, -0.2) is 9.91 Å². The van der Waals surface area contributed by atoms with Crippen LogP contribution in [0.25, 0.3) is 11.3 Å². The quantitative estimate of drug-likeness (QED) is 0.602. The molecule has 17 heavy (non-hydrogen) atoms. The number of pyridine rings is 1. The van der Waals surface area contributed by atoms with Gasteiger partial charge >= 0.3 is 0 Å². The minimum Gasteiger partial charge on any atom is -0.258 e. The summed E-state index contributed by atoms with van der Waals surface area (Å²) in [4.78, 5) is 14.6. The summed E-state index contributed by atoms with van der Waals surface area (Å²) in [6.45, 7) is 1.71. The molecule has 4 nitrogen and oxygen atoms in total. The molecule has 0 saturated heterocycles. The third-order valence-corrected chi connectivity index (χ3v) is 2.65. The highest BCUT2D eigenvalue weighted by molar-refractivity contribution is 6.30. The normalized spacial score (nSPS) is 10.2. The van der Waals surface area contributed by atoms with Gasteiger partial charge in [0.05, 0.1) is 15.6 Å². The lowest BCUT2D eigenvalue weighted by Gasteiger charge is -2.02. The van der Waals surface area contributed by atoms with Gasteiger partial charge in [-0.15, -0.1) is 0 Å². The van der Waals surface area contributed by atoms with Crippen LogP contribution in [-0.2, 0) is 0 Å². The SMILES string of the molecule is Cc1ccc(-c2ccc(Cl)cn2)cc1[N+](=O)[O-]. The summed E-state index contributed by atoms with van der Waals surface area (Å²) >= 11 is 5.74. The number of nitro benzene ring substituents is 1. The number of hydrogen-bond acceptors (Lipinski definition) is 3. The third kappa shape index (κ3) is 2.42. The van der Waals surface area contributed by atoms with Gasteiger partial charge in [0, 0.05) is 23.4 Å². The van der Waals surface area contributed by atoms with Crippen LogP contribution in [0.2, 0.25) is 5.02 Å². The van der Waals surface area contributed by atoms with Crippen molar-refractivity contribution in [3.63, 3.8) is 0 Å². The van der Waals surface area contributed by atoms with Crippen molar-refractivity contribution in [2.24, 2.45) is 0 Å². The summed E-state index contributed by atoms with van der Waals surface area (Å²) in [6.07, 6.45) is 1.52. The van der Waals surface area contributed by atoms with Crippen LogP contribution in [0.5, 0.6) is 0 Å². The van der Waals surface area contributed by atoms with E-state index in [0.29, 0.717) is 21.8 Å². The Hall–Kier alpha value is -1.94. The van der Waals surface area contributed by atoms with Crippen LogP contribution < -0.4 is 0 Å². The summed E-state index contributed by atoms with van der Waals surface area (Å²) in [5.74, 6) is 0. The van der Waals surface area contributed by atoms with Crippen molar-refractivity contribution in [1.82, 2.24) is 4.98 Å². The van der Waals surface area contributed by atoms with Crippen LogP contribution >= 0.6 is 11.6 Å². The largest absolute Gasteiger partial charge is 0.272 e. The van der Waals surface area contributed by atoms with Crippen LogP contribution in [0.1, 0.15) is 5.56 Å². The number of aromatic nitrogens is 1. The van der Waals surface area contributed by atoms with Crippen molar-refractivity contribution < 1.29 is 4.92 Å². The molecule has 0 radical (unpaired) electrons. The minimum absolute atomic E-state index is 0.0965. The number of aryl methyl sites for hydroxylation is 1. The summed E-state index contributed by atoms with van der Waals surface area (Å²) in [7, 11) is 0. The van der Waals surface area contributed by atoms with Crippen molar-refractivity contribution >= 4 is 17.3 Å². The molecule has 0 saturated carbocycles. The average molecular weight is 249 g/mol. The second-order valence-corrected chi connectivity index (χ2v) is 4.06. The number of benzene rings is 1. The summed E-state index contributed by atoms with van der Waals surface area (Å²) in [6, 6.07) is 8.47. The predicted octanol–water partition coefficient (Wildman–Crippen LogP) is 3.62. The van der Waals surface area contributed by atoms with Crippen molar-refractivity contribution in [2.75, 3.05) is 0 Å². The Morgan fingerprint density at radius 1 is 1.29 bits per heavy atom. The zero-order chi connectivity index (χ0) is 12.4. The molecule has 0 aliphatic carbocycles. The average Bonchev–Trinajstić information content (AvgIpc) is 2.30. The molecule has 0 aliphatic rings. The lowest BCUT2D eigenvalue weighted by molar-refractivity contribution is -0.385. The third-order valence-electron chi connectivity index (χ3n) is 2.43. The molecule has 0 N–H and O–H groups in total. The van der Waals surface area contributed by atoms with Gasteiger partial charge in [-0.2, -0.15) is 0 Å². The van der Waals surface area contributed by atoms with E-state index >= 15 is 0 Å². The van der Waals surface area contributed by atoms with Crippen LogP contribution in [0.4, 0.5) is 5.69 Å². The molecule has 2 rings (SSSR count). The number of hydrogen-bond donors (Lipinski definition) is 0. The smallest absolute Gasteiger partial charge is 0.258 e. The molecule has 0 amide bonds. The molecule has 5 heteroatoms. The number of rotatable bonds is 2. The Morgan fingerprint density at radius 2 is 2.06 bits per heavy atom. The molecule has 86 valence electrons. The maximum atomic E-state index is 10.8. The maximum Gasteiger partial charge on any atom is 0.272 e. The van der Waals surface area contributed by atoms with E-state index in [1.54, 1.807) is 31.2 Å². The van der Waals surface area contributed by atoms with Gasteiger partial charge in [0.2, 0.25) is 0 Å². The lowest BCUT2D eigenvalue weighted by atomic mass is 10.1. The van der Waals surface area contributed by atoms with Gasteiger partial charge in [-0.1, -0.05) is 23.7 Å². The van der Waals surface area contributed by atoms with Gasteiger partial charge in [0.25, 0.3) is 5.69 Å². The van der Waals surface area contributed by atoms with Crippen molar-refractivity contribution in [3.05, 3.63) is 57.2 Å². The van der Waals surface area contributed by atoms with Gasteiger partial charge < -0.3 is 0 Å². The highest BCUT2D eigenvalue weighted by Crippen LogP contribution is 2.25. The van der Waals surface area contributed by atoms with E-state index in [9.17, 15) is 10.1 Å². The number of halogens is 1. The summed E-state index contributed by atoms with van der Waals surface area (Å²) < 4.78 is 0. The second kappa shape index (κ2) is 4.51. The van der Waals surface area contributed by atoms with Gasteiger partial charge in [-0.25, -0.2) is 0 Å². The van der Waals surface area contributed by atoms with E-state index in [4.69, 9.17) is 11.6 Å². The first kappa shape index (κ1) is 11.5. The van der Waals surface area contributed by atoms with E-state index in [0.717, 1.165) is 0 Å². The van der Waals surface area contributed by atoms with E-state index in [2.05, 4.69) is 4.98 Å². The molecular formula is C12H9ClN2O2. The maximum absolute atomic E-state index is 10.8. The van der Waals surface area contributed by atoms with Gasteiger partial charge in [-0.3, -0.25) is 15.1 Å². The Morgan fingerprint density at radius 3 is 2.65 bits per heavy atom. The topological polar surface area (TPSA) is 56.0 Å². The minimum atomic E-state index is -0.394. The van der Waals surface area contributed by atoms with Crippen LogP contribution in [0.15, 0.2) is 36.5 Å². The van der Waals surface area contributed by atoms with Crippen molar-refractivity contribution in [1.29, 1.82) is 0 Å². The van der Waals surface area contributed by atoms with Gasteiger partial charge in [-0.05, 0) is 19.1 Å². The standard InChI is InChI=1S/C12H9ClN2O2/c1-8-2-3-9(6-12(8)15(16)17)11-5-4-10(13)7-14-11/h2-7H,1H3. The molecule has 0 unspecified atom stereocenters. The molecule has 0 spiro atoms. The number of nitro groups is 1. The fourth-order valence-corrected chi connectivity index (χ4v) is 1.62. The molecule has 0 atom stereocenters. The Labute approximate surface area is 103 Å². The Bertz CT molecular complexity index is 567. The second-order valence-electron chi connectivity index (χ2n) is 3.62. The molecule has 1 aromatic carbocycles. The highest BCUT2D eigenvalue weighted by atomic mass is 35.5. The van der Waals surface area contributed by atoms with E-state index in [-0.39, 0.29) is 5.69 Å². The van der Waals surface area contributed by atoms with Crippen molar-refractivity contribution in [3.8, 4) is 11.3 Å². The van der Waals surface area contributed by atoms with E-state index < -0.39 is 4.92 Å². The Balaban J connectivity index is 2.50. The zero-order valence-corrected chi connectivity index (χ0v) is 9.81. The summed E-state index contributed by atoms with van der Waals surface area (Å²) in [5.41, 5.74) is 2.10. The van der Waals surface area contributed by atoms with Crippen molar-refractivity contribution in [2.45, 2.75) is 6.92 Å². The first-order valence-electron chi connectivity index (χ1n) is 4.95. The predicted molar refractivity (Wildman–Crippen MR) is 66.1 cm³/mol. The lowest BCUT2D eigenvalue weighted by Crippen LogP contribution is -1.92. The molecule has 1 heterocycles. The molecule has 0 fully saturated rings. The first-order valence-corrected chi connectivity index (χ1v) is 5.32. The molecule has 0 bridgehead atoms. The summed E-state index contributed by atoms with van der Waals surface area (Å²) in [5, 5.41) is 11.4. The highest BCUT2D eigenvalue weighted by Gasteiger charge is 2.12. The molecule has 2 aromatic rings. The van der Waals surface area contributed by atoms with Crippen LogP contribution in [0, 0.1) is 17.0 Å². The van der Waals surface area contributed by atoms with Crippen LogP contribution in [0.3, 0.4) is 0 Å². The van der Waals surface area contributed by atoms with Gasteiger partial charge in [0.1, 0.15) is 0 Å². The zero-order valence-electron chi connectivity index (χ0n) is 9.05. The fourth-order valence-electron chi connectivity index (χ4n) is 1.51. The Kier molecular flexibility index (Phi) is 3.06. The molecule has 0 aliphatic heterocycles. The molecule has 1 aromatic heterocycles. The molecular weight excluding hydrogens is 240 g/mol.